The van der Waals surface area contributed by atoms with Crippen LogP contribution in [0, 0.1) is 0 Å². The van der Waals surface area contributed by atoms with E-state index in [1.54, 1.807) is 18.2 Å². The topological polar surface area (TPSA) is 55.0 Å². The Morgan fingerprint density at radius 1 is 1.32 bits per heavy atom. The van der Waals surface area contributed by atoms with Gasteiger partial charge in [-0.3, -0.25) is 5.10 Å². The normalized spacial score (nSPS) is 10.8. The zero-order chi connectivity index (χ0) is 14.0. The van der Waals surface area contributed by atoms with Crippen LogP contribution in [0.1, 0.15) is 35.9 Å². The number of carbonyl (C=O) groups is 1. The number of aromatic amines is 1. The van der Waals surface area contributed by atoms with Crippen molar-refractivity contribution in [1.29, 1.82) is 0 Å². The van der Waals surface area contributed by atoms with Crippen LogP contribution >= 0.6 is 23.2 Å². The van der Waals surface area contributed by atoms with Gasteiger partial charge >= 0.3 is 5.97 Å². The third-order valence-corrected chi connectivity index (χ3v) is 3.06. The lowest BCUT2D eigenvalue weighted by Gasteiger charge is -2.04. The van der Waals surface area contributed by atoms with Crippen LogP contribution in [-0.2, 0) is 0 Å². The Balaban J connectivity index is 2.16. The minimum atomic E-state index is -0.563. The van der Waals surface area contributed by atoms with E-state index in [0.29, 0.717) is 5.02 Å². The molecule has 0 spiro atoms. The Bertz CT molecular complexity index is 608. The van der Waals surface area contributed by atoms with Crippen molar-refractivity contribution < 1.29 is 9.53 Å². The second-order valence-electron chi connectivity index (χ2n) is 4.33. The van der Waals surface area contributed by atoms with Crippen molar-refractivity contribution in [2.75, 3.05) is 0 Å². The van der Waals surface area contributed by atoms with E-state index in [0.717, 1.165) is 5.69 Å². The Hall–Kier alpha value is -1.52. The molecule has 0 saturated heterocycles. The second-order valence-corrected chi connectivity index (χ2v) is 5.17. The molecule has 1 aromatic carbocycles. The molecule has 2 aromatic rings. The molecular formula is C13H12Cl2N2O2. The molecule has 0 aliphatic carbocycles. The molecule has 100 valence electrons. The molecule has 1 N–H and O–H groups in total. The standard InChI is InChI=1S/C13H12Cl2N2O2/c1-7(2)10-6-11(17-16-10)13(18)19-12-4-3-8(14)5-9(12)15/h3-7H,1-2H3,(H,16,17). The summed E-state index contributed by atoms with van der Waals surface area (Å²) in [5.74, 6) is -0.0503. The summed E-state index contributed by atoms with van der Waals surface area (Å²) in [7, 11) is 0. The molecule has 1 heterocycles. The average molecular weight is 299 g/mol. The van der Waals surface area contributed by atoms with Crippen molar-refractivity contribution in [3.63, 3.8) is 0 Å². The van der Waals surface area contributed by atoms with E-state index in [9.17, 15) is 4.79 Å². The fraction of sp³-hybridized carbons (Fsp3) is 0.231. The Morgan fingerprint density at radius 3 is 2.63 bits per heavy atom. The largest absolute Gasteiger partial charge is 0.420 e. The van der Waals surface area contributed by atoms with Crippen molar-refractivity contribution in [2.45, 2.75) is 19.8 Å². The molecular weight excluding hydrogens is 287 g/mol. The summed E-state index contributed by atoms with van der Waals surface area (Å²) in [5.41, 5.74) is 1.09. The number of hydrogen-bond acceptors (Lipinski definition) is 3. The fourth-order valence-electron chi connectivity index (χ4n) is 1.45. The van der Waals surface area contributed by atoms with Crippen molar-refractivity contribution in [3.05, 3.63) is 45.7 Å². The predicted octanol–water partition coefficient (Wildman–Crippen LogP) is 4.06. The Morgan fingerprint density at radius 2 is 2.05 bits per heavy atom. The lowest BCUT2D eigenvalue weighted by molar-refractivity contribution is 0.0728. The van der Waals surface area contributed by atoms with Gasteiger partial charge in [0.2, 0.25) is 0 Å². The maximum atomic E-state index is 11.9. The summed E-state index contributed by atoms with van der Waals surface area (Å²) in [5, 5.41) is 7.46. The van der Waals surface area contributed by atoms with Gasteiger partial charge in [0.25, 0.3) is 0 Å². The number of carbonyl (C=O) groups excluding carboxylic acids is 1. The first-order valence-corrected chi connectivity index (χ1v) is 6.45. The molecule has 0 unspecified atom stereocenters. The van der Waals surface area contributed by atoms with Crippen LogP contribution in [0.25, 0.3) is 0 Å². The van der Waals surface area contributed by atoms with Crippen LogP contribution in [0.15, 0.2) is 24.3 Å². The summed E-state index contributed by atoms with van der Waals surface area (Å²) in [6.07, 6.45) is 0. The molecule has 0 aliphatic rings. The van der Waals surface area contributed by atoms with Crippen LogP contribution in [0.4, 0.5) is 0 Å². The maximum Gasteiger partial charge on any atom is 0.364 e. The zero-order valence-electron chi connectivity index (χ0n) is 10.4. The molecule has 4 nitrogen and oxygen atoms in total. The van der Waals surface area contributed by atoms with Gasteiger partial charge in [0.05, 0.1) is 5.02 Å². The number of nitrogens with zero attached hydrogens (tertiary/aromatic N) is 1. The van der Waals surface area contributed by atoms with Gasteiger partial charge in [-0.15, -0.1) is 0 Å². The second kappa shape index (κ2) is 5.63. The highest BCUT2D eigenvalue weighted by Gasteiger charge is 2.15. The lowest BCUT2D eigenvalue weighted by atomic mass is 10.1. The number of ether oxygens (including phenoxy) is 1. The van der Waals surface area contributed by atoms with Crippen LogP contribution in [0.2, 0.25) is 10.0 Å². The summed E-state index contributed by atoms with van der Waals surface area (Å²) in [6.45, 7) is 4.00. The zero-order valence-corrected chi connectivity index (χ0v) is 11.9. The van der Waals surface area contributed by atoms with E-state index in [-0.39, 0.29) is 22.4 Å². The number of H-pyrrole nitrogens is 1. The van der Waals surface area contributed by atoms with E-state index in [4.69, 9.17) is 27.9 Å². The number of esters is 1. The van der Waals surface area contributed by atoms with Gasteiger partial charge < -0.3 is 4.74 Å². The van der Waals surface area contributed by atoms with E-state index in [1.165, 1.54) is 6.07 Å². The molecule has 0 bridgehead atoms. The molecule has 0 fully saturated rings. The molecule has 6 heteroatoms. The molecule has 19 heavy (non-hydrogen) atoms. The first-order valence-electron chi connectivity index (χ1n) is 5.70. The molecule has 0 amide bonds. The number of benzene rings is 1. The van der Waals surface area contributed by atoms with Crippen LogP contribution in [0.3, 0.4) is 0 Å². The van der Waals surface area contributed by atoms with E-state index >= 15 is 0 Å². The molecule has 1 aromatic heterocycles. The number of rotatable bonds is 3. The highest BCUT2D eigenvalue weighted by molar-refractivity contribution is 6.35. The highest BCUT2D eigenvalue weighted by atomic mass is 35.5. The van der Waals surface area contributed by atoms with Gasteiger partial charge in [-0.25, -0.2) is 4.79 Å². The van der Waals surface area contributed by atoms with Crippen molar-refractivity contribution in [1.82, 2.24) is 10.2 Å². The van der Waals surface area contributed by atoms with Gasteiger partial charge in [0.15, 0.2) is 5.69 Å². The summed E-state index contributed by atoms with van der Waals surface area (Å²) in [6, 6.07) is 6.31. The van der Waals surface area contributed by atoms with Gasteiger partial charge in [0, 0.05) is 10.7 Å². The minimum Gasteiger partial charge on any atom is -0.420 e. The molecule has 0 atom stereocenters. The first kappa shape index (κ1) is 13.9. The molecule has 0 aliphatic heterocycles. The highest BCUT2D eigenvalue weighted by Crippen LogP contribution is 2.28. The van der Waals surface area contributed by atoms with E-state index in [2.05, 4.69) is 10.2 Å². The first-order chi connectivity index (χ1) is 8.97. The maximum absolute atomic E-state index is 11.9. The minimum absolute atomic E-state index is 0.217. The summed E-state index contributed by atoms with van der Waals surface area (Å²) >= 11 is 11.7. The van der Waals surface area contributed by atoms with Crippen molar-refractivity contribution in [3.8, 4) is 5.75 Å². The number of nitrogens with one attached hydrogen (secondary N) is 1. The molecule has 0 saturated carbocycles. The van der Waals surface area contributed by atoms with E-state index < -0.39 is 5.97 Å². The third kappa shape index (κ3) is 3.28. The fourth-order valence-corrected chi connectivity index (χ4v) is 1.89. The van der Waals surface area contributed by atoms with E-state index in [1.807, 2.05) is 13.8 Å². The Labute approximate surface area is 120 Å². The van der Waals surface area contributed by atoms with Crippen molar-refractivity contribution >= 4 is 29.2 Å². The number of aromatic nitrogens is 2. The van der Waals surface area contributed by atoms with Gasteiger partial charge in [-0.2, -0.15) is 5.10 Å². The number of halogens is 2. The van der Waals surface area contributed by atoms with Gasteiger partial charge in [-0.05, 0) is 30.2 Å². The molecule has 0 radical (unpaired) electrons. The van der Waals surface area contributed by atoms with Crippen molar-refractivity contribution in [2.24, 2.45) is 0 Å². The number of hydrogen-bond donors (Lipinski definition) is 1. The van der Waals surface area contributed by atoms with Gasteiger partial charge in [-0.1, -0.05) is 37.0 Å². The smallest absolute Gasteiger partial charge is 0.364 e. The average Bonchev–Trinajstić information content (AvgIpc) is 2.82. The van der Waals surface area contributed by atoms with Crippen LogP contribution < -0.4 is 4.74 Å². The third-order valence-electron chi connectivity index (χ3n) is 2.53. The van der Waals surface area contributed by atoms with Gasteiger partial charge in [0.1, 0.15) is 5.75 Å². The lowest BCUT2D eigenvalue weighted by Crippen LogP contribution is -2.09. The quantitative estimate of drug-likeness (QED) is 0.687. The van der Waals surface area contributed by atoms with Crippen LogP contribution in [0.5, 0.6) is 5.75 Å². The summed E-state index contributed by atoms with van der Waals surface area (Å²) in [4.78, 5) is 11.9. The molecule has 2 rings (SSSR count). The predicted molar refractivity (Wildman–Crippen MR) is 74.1 cm³/mol. The van der Waals surface area contributed by atoms with Crippen LogP contribution in [-0.4, -0.2) is 16.2 Å². The monoisotopic (exact) mass is 298 g/mol. The summed E-state index contributed by atoms with van der Waals surface area (Å²) < 4.78 is 5.17. The Kier molecular flexibility index (Phi) is 4.12. The SMILES string of the molecule is CC(C)c1cc(C(=O)Oc2ccc(Cl)cc2Cl)n[nH]1.